The number of nitrogens with one attached hydrogen (secondary N) is 2. The van der Waals surface area contributed by atoms with Crippen LogP contribution in [0.25, 0.3) is 0 Å². The molecule has 3 rings (SSSR count). The summed E-state index contributed by atoms with van der Waals surface area (Å²) in [5.74, 6) is -0.357. The zero-order valence-electron chi connectivity index (χ0n) is 22.1. The van der Waals surface area contributed by atoms with Crippen molar-refractivity contribution in [2.75, 3.05) is 58.8 Å². The molecule has 1 aromatic heterocycles. The molecule has 1 aliphatic heterocycles. The zero-order chi connectivity index (χ0) is 26.0. The summed E-state index contributed by atoms with van der Waals surface area (Å²) in [4.78, 5) is 41.7. The summed E-state index contributed by atoms with van der Waals surface area (Å²) in [6, 6.07) is 9.83. The molecule has 2 N–H and O–H groups in total. The van der Waals surface area contributed by atoms with Crippen LogP contribution >= 0.6 is 11.3 Å². The molecule has 0 bridgehead atoms. The number of thiophene rings is 1. The van der Waals surface area contributed by atoms with Gasteiger partial charge in [-0.1, -0.05) is 30.3 Å². The van der Waals surface area contributed by atoms with E-state index in [1.165, 1.54) is 11.3 Å². The predicted molar refractivity (Wildman–Crippen MR) is 143 cm³/mol. The second-order valence-corrected chi connectivity index (χ2v) is 10.7. The molecular weight excluding hydrogens is 556 g/mol. The molecule has 37 heavy (non-hydrogen) atoms. The third kappa shape index (κ3) is 9.21. The Balaban J connectivity index is 0.00000481. The maximum absolute atomic E-state index is 13.3. The van der Waals surface area contributed by atoms with Gasteiger partial charge >= 0.3 is 0 Å². The lowest BCUT2D eigenvalue weighted by molar-refractivity contribution is -0.912. The van der Waals surface area contributed by atoms with Crippen molar-refractivity contribution in [2.45, 2.75) is 39.2 Å². The third-order valence-electron chi connectivity index (χ3n) is 6.75. The molecular formula is C27H39BrN4O4S. The number of hydrogen-bond acceptors (Lipinski definition) is 5. The number of amides is 3. The van der Waals surface area contributed by atoms with Crippen molar-refractivity contribution in [3.63, 3.8) is 0 Å². The summed E-state index contributed by atoms with van der Waals surface area (Å²) in [6.07, 6.45) is 4.21. The highest BCUT2D eigenvalue weighted by molar-refractivity contribution is 7.10. The van der Waals surface area contributed by atoms with Crippen LogP contribution in [0.4, 0.5) is 5.69 Å². The fourth-order valence-corrected chi connectivity index (χ4v) is 5.47. The summed E-state index contributed by atoms with van der Waals surface area (Å²) in [6.45, 7) is 5.35. The van der Waals surface area contributed by atoms with Crippen molar-refractivity contribution in [3.8, 4) is 0 Å². The van der Waals surface area contributed by atoms with E-state index >= 15 is 0 Å². The van der Waals surface area contributed by atoms with Gasteiger partial charge in [0.15, 0.2) is 13.1 Å². The van der Waals surface area contributed by atoms with E-state index in [0.29, 0.717) is 35.4 Å². The van der Waals surface area contributed by atoms with Crippen LogP contribution in [-0.2, 0) is 20.9 Å². The number of aryl methyl sites for hydroxylation is 1. The summed E-state index contributed by atoms with van der Waals surface area (Å²) >= 11 is 1.44. The van der Waals surface area contributed by atoms with E-state index in [1.807, 2.05) is 37.3 Å². The first-order valence-corrected chi connectivity index (χ1v) is 13.5. The van der Waals surface area contributed by atoms with Gasteiger partial charge in [0.2, 0.25) is 0 Å². The Morgan fingerprint density at radius 1 is 1.03 bits per heavy atom. The van der Waals surface area contributed by atoms with Crippen LogP contribution in [0.1, 0.15) is 46.5 Å². The molecule has 0 aliphatic carbocycles. The summed E-state index contributed by atoms with van der Waals surface area (Å²) in [5.41, 5.74) is 2.11. The lowest BCUT2D eigenvalue weighted by Gasteiger charge is -2.36. The van der Waals surface area contributed by atoms with Gasteiger partial charge in [-0.2, -0.15) is 0 Å². The Morgan fingerprint density at radius 2 is 1.68 bits per heavy atom. The second-order valence-electron chi connectivity index (χ2n) is 9.63. The fraction of sp³-hybridized carbons (Fsp3) is 0.519. The van der Waals surface area contributed by atoms with Crippen LogP contribution < -0.4 is 27.6 Å². The van der Waals surface area contributed by atoms with Crippen LogP contribution in [0.15, 0.2) is 35.7 Å². The smallest absolute Gasteiger partial charge is 0.279 e. The number of nitrogens with zero attached hydrogens (tertiary/aromatic N) is 2. The van der Waals surface area contributed by atoms with Crippen LogP contribution in [0, 0.1) is 6.92 Å². The van der Waals surface area contributed by atoms with Gasteiger partial charge in [0.05, 0.1) is 30.9 Å². The molecule has 1 fully saturated rings. The lowest BCUT2D eigenvalue weighted by atomic mass is 10.2. The van der Waals surface area contributed by atoms with Gasteiger partial charge in [-0.15, -0.1) is 11.3 Å². The fourth-order valence-electron chi connectivity index (χ4n) is 4.68. The van der Waals surface area contributed by atoms with Crippen LogP contribution in [0.5, 0.6) is 0 Å². The number of anilines is 1. The van der Waals surface area contributed by atoms with Gasteiger partial charge < -0.3 is 41.7 Å². The van der Waals surface area contributed by atoms with Gasteiger partial charge in [-0.05, 0) is 38.2 Å². The van der Waals surface area contributed by atoms with Crippen molar-refractivity contribution in [3.05, 3.63) is 51.7 Å². The largest absolute Gasteiger partial charge is 1.00 e. The molecule has 3 amide bonds. The predicted octanol–water partition coefficient (Wildman–Crippen LogP) is 0.425. The highest BCUT2D eigenvalue weighted by Gasteiger charge is 2.34. The Hall–Kier alpha value is -2.27. The highest BCUT2D eigenvalue weighted by atomic mass is 79.9. The molecule has 0 radical (unpaired) electrons. The van der Waals surface area contributed by atoms with E-state index in [9.17, 15) is 14.4 Å². The lowest BCUT2D eigenvalue weighted by Crippen LogP contribution is -3.00. The Bertz CT molecular complexity index is 1020. The zero-order valence-corrected chi connectivity index (χ0v) is 24.5. The number of carbonyl (C=O) groups excluding carboxylic acids is 3. The number of carbonyl (C=O) groups is 3. The van der Waals surface area contributed by atoms with E-state index < -0.39 is 0 Å². The maximum atomic E-state index is 13.3. The first-order valence-electron chi connectivity index (χ1n) is 12.6. The van der Waals surface area contributed by atoms with E-state index in [2.05, 4.69) is 10.6 Å². The van der Waals surface area contributed by atoms with Crippen molar-refractivity contribution < 1.29 is 40.6 Å². The van der Waals surface area contributed by atoms with Crippen molar-refractivity contribution in [1.29, 1.82) is 0 Å². The average Bonchev–Trinajstić information content (AvgIpc) is 3.07. The van der Waals surface area contributed by atoms with E-state index in [1.54, 1.807) is 24.4 Å². The molecule has 0 saturated carbocycles. The number of hydrogen-bond donors (Lipinski definition) is 2. The molecule has 0 unspecified atom stereocenters. The Labute approximate surface area is 234 Å². The van der Waals surface area contributed by atoms with Gasteiger partial charge in [0, 0.05) is 37.5 Å². The standard InChI is InChI=1S/C27H38N4O4S.BrH/c1-21-26(23(20-36-21)27(34)30(2)13-16-35-3)29-25(33)19-31(14-9-4-5-10-15-31)18-24(32)28-17-22-11-7-6-8-12-22;/h6-8,11-12,20H,4-5,9-10,13-19H2,1-3H3,(H-,28,29,32,33);1H. The van der Waals surface area contributed by atoms with Crippen LogP contribution in [0.2, 0.25) is 0 Å². The maximum Gasteiger partial charge on any atom is 0.279 e. The molecule has 1 aliphatic rings. The van der Waals surface area contributed by atoms with Gasteiger partial charge in [0.1, 0.15) is 0 Å². The average molecular weight is 596 g/mol. The number of quaternary nitrogens is 1. The van der Waals surface area contributed by atoms with Crippen LogP contribution in [0.3, 0.4) is 0 Å². The molecule has 1 saturated heterocycles. The van der Waals surface area contributed by atoms with Crippen LogP contribution in [-0.4, -0.2) is 80.6 Å². The molecule has 8 nitrogen and oxygen atoms in total. The molecule has 10 heteroatoms. The quantitative estimate of drug-likeness (QED) is 0.369. The van der Waals surface area contributed by atoms with E-state index in [0.717, 1.165) is 49.2 Å². The summed E-state index contributed by atoms with van der Waals surface area (Å²) in [5, 5.41) is 7.84. The Morgan fingerprint density at radius 3 is 2.32 bits per heavy atom. The van der Waals surface area contributed by atoms with Gasteiger partial charge in [-0.3, -0.25) is 14.4 Å². The number of ether oxygens (including phenoxy) is 1. The first-order chi connectivity index (χ1) is 17.3. The van der Waals surface area contributed by atoms with Gasteiger partial charge in [-0.25, -0.2) is 0 Å². The Kier molecular flexibility index (Phi) is 12.7. The number of likely N-dealkylation sites (N-methyl/N-ethyl adjacent to an activating group) is 1. The van der Waals surface area contributed by atoms with E-state index in [4.69, 9.17) is 4.74 Å². The minimum atomic E-state index is -0.164. The third-order valence-corrected chi connectivity index (χ3v) is 7.66. The summed E-state index contributed by atoms with van der Waals surface area (Å²) in [7, 11) is 3.33. The number of rotatable bonds is 11. The minimum Gasteiger partial charge on any atom is -1.00 e. The molecule has 2 aromatic rings. The number of benzene rings is 1. The summed E-state index contributed by atoms with van der Waals surface area (Å²) < 4.78 is 5.52. The van der Waals surface area contributed by atoms with Crippen molar-refractivity contribution >= 4 is 34.7 Å². The molecule has 2 heterocycles. The first kappa shape index (κ1) is 31.0. The highest BCUT2D eigenvalue weighted by Crippen LogP contribution is 2.29. The molecule has 0 spiro atoms. The SMILES string of the molecule is COCCN(C)C(=O)c1csc(C)c1NC(=O)C[N+]1(CC(=O)NCc2ccccc2)CCCCCC1.[Br-]. The number of methoxy groups -OCH3 is 1. The monoisotopic (exact) mass is 594 g/mol. The van der Waals surface area contributed by atoms with Crippen molar-refractivity contribution in [1.82, 2.24) is 10.2 Å². The molecule has 1 aromatic carbocycles. The van der Waals surface area contributed by atoms with Crippen molar-refractivity contribution in [2.24, 2.45) is 0 Å². The van der Waals surface area contributed by atoms with Gasteiger partial charge in [0.25, 0.3) is 17.7 Å². The molecule has 0 atom stereocenters. The number of halogens is 1. The second kappa shape index (κ2) is 15.2. The minimum absolute atomic E-state index is 0. The normalized spacial score (nSPS) is 14.7. The topological polar surface area (TPSA) is 87.7 Å². The van der Waals surface area contributed by atoms with E-state index in [-0.39, 0.29) is 47.8 Å². The molecule has 204 valence electrons. The number of likely N-dealkylation sites (tertiary alicyclic amines) is 1.